The molecule has 0 bridgehead atoms. The fourth-order valence-corrected chi connectivity index (χ4v) is 1.84. The minimum absolute atomic E-state index is 0.0116. The molecule has 0 aromatic heterocycles. The molecule has 0 saturated heterocycles. The highest BCUT2D eigenvalue weighted by Gasteiger charge is 2.54. The molecule has 1 aromatic carbocycles. The van der Waals surface area contributed by atoms with Crippen LogP contribution < -0.4 is 0 Å². The average Bonchev–Trinajstić information content (AvgIpc) is 2.14. The molecule has 0 aliphatic heterocycles. The van der Waals surface area contributed by atoms with Gasteiger partial charge in [0, 0.05) is 16.5 Å². The highest BCUT2D eigenvalue weighted by atomic mass is 35.5. The van der Waals surface area contributed by atoms with Crippen molar-refractivity contribution < 1.29 is 23.1 Å². The summed E-state index contributed by atoms with van der Waals surface area (Å²) >= 11 is 11.1. The van der Waals surface area contributed by atoms with Crippen LogP contribution in [0.2, 0.25) is 10.0 Å². The standard InChI is InChI=1S/C10H7Cl2F3O2/c11-7-3-6(4-8(12)5-7)9(17,1-2-16)10(13,14)15/h2-5,17H,1H2/t9-/m0/s1. The number of rotatable bonds is 3. The molecule has 0 amide bonds. The van der Waals surface area contributed by atoms with Crippen molar-refractivity contribution in [3.8, 4) is 0 Å². The van der Waals surface area contributed by atoms with Crippen LogP contribution in [0.1, 0.15) is 12.0 Å². The number of aldehydes is 1. The van der Waals surface area contributed by atoms with Gasteiger partial charge in [0.25, 0.3) is 0 Å². The summed E-state index contributed by atoms with van der Waals surface area (Å²) in [5.74, 6) is 0. The van der Waals surface area contributed by atoms with Crippen molar-refractivity contribution in [2.24, 2.45) is 0 Å². The molecule has 1 N–H and O–H groups in total. The smallest absolute Gasteiger partial charge is 0.376 e. The van der Waals surface area contributed by atoms with E-state index in [1.54, 1.807) is 0 Å². The fraction of sp³-hybridized carbons (Fsp3) is 0.300. The highest BCUT2D eigenvalue weighted by Crippen LogP contribution is 2.42. The van der Waals surface area contributed by atoms with Crippen LogP contribution in [0, 0.1) is 0 Å². The van der Waals surface area contributed by atoms with E-state index in [2.05, 4.69) is 0 Å². The molecule has 1 atom stereocenters. The molecule has 0 fully saturated rings. The van der Waals surface area contributed by atoms with Gasteiger partial charge in [0.1, 0.15) is 6.29 Å². The number of hydrogen-bond donors (Lipinski definition) is 1. The lowest BCUT2D eigenvalue weighted by Gasteiger charge is -2.29. The highest BCUT2D eigenvalue weighted by molar-refractivity contribution is 6.34. The van der Waals surface area contributed by atoms with Gasteiger partial charge in [-0.25, -0.2) is 0 Å². The van der Waals surface area contributed by atoms with E-state index in [1.807, 2.05) is 0 Å². The van der Waals surface area contributed by atoms with Gasteiger partial charge >= 0.3 is 6.18 Å². The molecule has 0 spiro atoms. The Hall–Kier alpha value is -0.780. The summed E-state index contributed by atoms with van der Waals surface area (Å²) in [7, 11) is 0. The Balaban J connectivity index is 3.37. The van der Waals surface area contributed by atoms with Crippen molar-refractivity contribution in [3.63, 3.8) is 0 Å². The molecule has 1 rings (SSSR count). The van der Waals surface area contributed by atoms with Gasteiger partial charge in [-0.15, -0.1) is 0 Å². The molecule has 7 heteroatoms. The summed E-state index contributed by atoms with van der Waals surface area (Å²) in [4.78, 5) is 10.3. The van der Waals surface area contributed by atoms with Gasteiger partial charge in [0.15, 0.2) is 5.60 Å². The third-order valence-corrected chi connectivity index (χ3v) is 2.62. The molecule has 94 valence electrons. The zero-order chi connectivity index (χ0) is 13.3. The van der Waals surface area contributed by atoms with Crippen LogP contribution in [0.5, 0.6) is 0 Å². The van der Waals surface area contributed by atoms with E-state index in [0.29, 0.717) is 0 Å². The van der Waals surface area contributed by atoms with Gasteiger partial charge in [-0.2, -0.15) is 13.2 Å². The van der Waals surface area contributed by atoms with Gasteiger partial charge in [-0.3, -0.25) is 0 Å². The van der Waals surface area contributed by atoms with Crippen LogP contribution in [-0.4, -0.2) is 17.6 Å². The lowest BCUT2D eigenvalue weighted by Crippen LogP contribution is -2.42. The summed E-state index contributed by atoms with van der Waals surface area (Å²) in [6.45, 7) is 0. The van der Waals surface area contributed by atoms with E-state index in [4.69, 9.17) is 23.2 Å². The van der Waals surface area contributed by atoms with Crippen molar-refractivity contribution in [1.82, 2.24) is 0 Å². The van der Waals surface area contributed by atoms with Crippen molar-refractivity contribution in [2.45, 2.75) is 18.2 Å². The van der Waals surface area contributed by atoms with Gasteiger partial charge in [0.05, 0.1) is 0 Å². The second kappa shape index (κ2) is 4.84. The normalized spacial score (nSPS) is 15.4. The molecule has 2 nitrogen and oxygen atoms in total. The van der Waals surface area contributed by atoms with Gasteiger partial charge in [0.2, 0.25) is 0 Å². The number of hydrogen-bond acceptors (Lipinski definition) is 2. The Labute approximate surface area is 105 Å². The van der Waals surface area contributed by atoms with Crippen molar-refractivity contribution in [2.75, 3.05) is 0 Å². The molecular weight excluding hydrogens is 280 g/mol. The zero-order valence-electron chi connectivity index (χ0n) is 8.26. The first-order valence-corrected chi connectivity index (χ1v) is 5.15. The Kier molecular flexibility index (Phi) is 4.06. The predicted octanol–water partition coefficient (Wildman–Crippen LogP) is 3.33. The molecule has 0 heterocycles. The lowest BCUT2D eigenvalue weighted by atomic mass is 9.90. The fourth-order valence-electron chi connectivity index (χ4n) is 1.31. The van der Waals surface area contributed by atoms with Crippen LogP contribution in [0.25, 0.3) is 0 Å². The van der Waals surface area contributed by atoms with E-state index < -0.39 is 23.8 Å². The minimum atomic E-state index is -5.00. The molecule has 1 aromatic rings. The second-order valence-corrected chi connectivity index (χ2v) is 4.26. The molecule has 0 saturated carbocycles. The Bertz CT molecular complexity index is 414. The van der Waals surface area contributed by atoms with E-state index in [1.165, 1.54) is 6.07 Å². The van der Waals surface area contributed by atoms with Crippen molar-refractivity contribution >= 4 is 29.5 Å². The van der Waals surface area contributed by atoms with Crippen LogP contribution >= 0.6 is 23.2 Å². The topological polar surface area (TPSA) is 37.3 Å². The Morgan fingerprint density at radius 1 is 1.18 bits per heavy atom. The maximum atomic E-state index is 12.7. The monoisotopic (exact) mass is 286 g/mol. The Morgan fingerprint density at radius 2 is 1.65 bits per heavy atom. The van der Waals surface area contributed by atoms with Gasteiger partial charge < -0.3 is 9.90 Å². The quantitative estimate of drug-likeness (QED) is 0.866. The van der Waals surface area contributed by atoms with Crippen LogP contribution in [0.3, 0.4) is 0 Å². The third-order valence-electron chi connectivity index (χ3n) is 2.19. The number of alkyl halides is 3. The third kappa shape index (κ3) is 2.91. The molecule has 0 aliphatic rings. The summed E-state index contributed by atoms with van der Waals surface area (Å²) in [6, 6.07) is 3.07. The minimum Gasteiger partial charge on any atom is -0.376 e. The first kappa shape index (κ1) is 14.3. The zero-order valence-corrected chi connectivity index (χ0v) is 9.77. The Morgan fingerprint density at radius 3 is 2.00 bits per heavy atom. The summed E-state index contributed by atoms with van der Waals surface area (Å²) in [6.07, 6.45) is -6.13. The van der Waals surface area contributed by atoms with E-state index in [0.717, 1.165) is 12.1 Å². The molecule has 0 radical (unpaired) electrons. The van der Waals surface area contributed by atoms with E-state index >= 15 is 0 Å². The van der Waals surface area contributed by atoms with Crippen LogP contribution in [0.4, 0.5) is 13.2 Å². The number of aliphatic hydroxyl groups is 1. The first-order valence-electron chi connectivity index (χ1n) is 4.40. The van der Waals surface area contributed by atoms with Gasteiger partial charge in [-0.05, 0) is 23.8 Å². The van der Waals surface area contributed by atoms with Crippen LogP contribution in [-0.2, 0) is 10.4 Å². The number of carbonyl (C=O) groups is 1. The summed E-state index contributed by atoms with van der Waals surface area (Å²) in [5, 5.41) is 9.49. The molecule has 17 heavy (non-hydrogen) atoms. The van der Waals surface area contributed by atoms with Crippen LogP contribution in [0.15, 0.2) is 18.2 Å². The maximum Gasteiger partial charge on any atom is 0.421 e. The van der Waals surface area contributed by atoms with Crippen molar-refractivity contribution in [1.29, 1.82) is 0 Å². The van der Waals surface area contributed by atoms with E-state index in [-0.39, 0.29) is 16.3 Å². The molecule has 0 unspecified atom stereocenters. The molecule has 0 aliphatic carbocycles. The average molecular weight is 287 g/mol. The summed E-state index contributed by atoms with van der Waals surface area (Å²) < 4.78 is 38.2. The first-order chi connectivity index (χ1) is 7.70. The summed E-state index contributed by atoms with van der Waals surface area (Å²) in [5.41, 5.74) is -3.84. The predicted molar refractivity (Wildman–Crippen MR) is 57.1 cm³/mol. The second-order valence-electron chi connectivity index (χ2n) is 3.39. The maximum absolute atomic E-state index is 12.7. The number of carbonyl (C=O) groups excluding carboxylic acids is 1. The lowest BCUT2D eigenvalue weighted by molar-refractivity contribution is -0.266. The largest absolute Gasteiger partial charge is 0.421 e. The number of halogens is 5. The molecular formula is C10H7Cl2F3O2. The van der Waals surface area contributed by atoms with Crippen molar-refractivity contribution in [3.05, 3.63) is 33.8 Å². The number of benzene rings is 1. The van der Waals surface area contributed by atoms with E-state index in [9.17, 15) is 23.1 Å². The SMILES string of the molecule is O=CC[C@](O)(c1cc(Cl)cc(Cl)c1)C(F)(F)F. The van der Waals surface area contributed by atoms with Gasteiger partial charge in [-0.1, -0.05) is 23.2 Å².